The molecule has 1 fully saturated rings. The van der Waals surface area contributed by atoms with Gasteiger partial charge in [0.05, 0.1) is 0 Å². The summed E-state index contributed by atoms with van der Waals surface area (Å²) >= 11 is 0. The highest BCUT2D eigenvalue weighted by atomic mass is 19.4. The second kappa shape index (κ2) is 5.25. The van der Waals surface area contributed by atoms with Gasteiger partial charge in [0, 0.05) is 19.0 Å². The molecular weight excluding hydrogens is 282 g/mol. The summed E-state index contributed by atoms with van der Waals surface area (Å²) in [4.78, 5) is 21.9. The molecule has 1 unspecified atom stereocenters. The van der Waals surface area contributed by atoms with E-state index < -0.39 is 30.2 Å². The summed E-state index contributed by atoms with van der Waals surface area (Å²) in [5.74, 6) is -6.58. The van der Waals surface area contributed by atoms with Crippen molar-refractivity contribution in [2.75, 3.05) is 6.54 Å². The molecule has 10 heteroatoms. The third kappa shape index (κ3) is 4.28. The van der Waals surface area contributed by atoms with Crippen molar-refractivity contribution in [3.63, 3.8) is 0 Å². The van der Waals surface area contributed by atoms with Gasteiger partial charge < -0.3 is 10.6 Å². The first-order chi connectivity index (χ1) is 8.51. The highest BCUT2D eigenvalue weighted by Gasteiger charge is 2.61. The number of rotatable bonds is 2. The van der Waals surface area contributed by atoms with E-state index in [1.807, 2.05) is 0 Å². The van der Waals surface area contributed by atoms with Crippen molar-refractivity contribution in [3.05, 3.63) is 0 Å². The second-order valence-corrected chi connectivity index (χ2v) is 4.06. The highest BCUT2D eigenvalue weighted by molar-refractivity contribution is 5.81. The van der Waals surface area contributed by atoms with E-state index in [9.17, 15) is 35.9 Å². The van der Waals surface area contributed by atoms with Crippen molar-refractivity contribution < 1.29 is 35.9 Å². The molecule has 2 amide bonds. The van der Waals surface area contributed by atoms with Crippen LogP contribution >= 0.6 is 0 Å². The molecule has 0 spiro atoms. The second-order valence-electron chi connectivity index (χ2n) is 4.06. The van der Waals surface area contributed by atoms with Gasteiger partial charge in [-0.15, -0.1) is 0 Å². The summed E-state index contributed by atoms with van der Waals surface area (Å²) < 4.78 is 73.4. The SMILES string of the molecule is O=C1CCC(NC(=O)C(C(F)(F)F)C(F)(F)F)CN1. The van der Waals surface area contributed by atoms with Crippen LogP contribution in [0, 0.1) is 5.92 Å². The summed E-state index contributed by atoms with van der Waals surface area (Å²) in [6.07, 6.45) is -11.5. The normalized spacial score (nSPS) is 21.2. The Balaban J connectivity index is 2.71. The Labute approximate surface area is 103 Å². The third-order valence-electron chi connectivity index (χ3n) is 2.53. The minimum Gasteiger partial charge on any atom is -0.354 e. The molecule has 0 aromatic carbocycles. The molecule has 0 bridgehead atoms. The Morgan fingerprint density at radius 3 is 2.11 bits per heavy atom. The lowest BCUT2D eigenvalue weighted by Crippen LogP contribution is -2.54. The summed E-state index contributed by atoms with van der Waals surface area (Å²) in [6, 6.07) is -0.933. The van der Waals surface area contributed by atoms with E-state index >= 15 is 0 Å². The Bertz CT molecular complexity index is 341. The van der Waals surface area contributed by atoms with E-state index in [0.717, 1.165) is 0 Å². The maximum Gasteiger partial charge on any atom is 0.409 e. The van der Waals surface area contributed by atoms with Gasteiger partial charge in [0.25, 0.3) is 0 Å². The predicted molar refractivity (Wildman–Crippen MR) is 49.8 cm³/mol. The number of piperidine rings is 1. The molecule has 4 nitrogen and oxygen atoms in total. The fourth-order valence-electron chi connectivity index (χ4n) is 1.62. The van der Waals surface area contributed by atoms with Gasteiger partial charge >= 0.3 is 12.4 Å². The summed E-state index contributed by atoms with van der Waals surface area (Å²) in [5.41, 5.74) is 0. The number of hydrogen-bond donors (Lipinski definition) is 2. The van der Waals surface area contributed by atoms with E-state index in [1.165, 1.54) is 0 Å². The number of hydrogen-bond acceptors (Lipinski definition) is 2. The maximum absolute atomic E-state index is 12.2. The van der Waals surface area contributed by atoms with Crippen LogP contribution in [0.4, 0.5) is 26.3 Å². The largest absolute Gasteiger partial charge is 0.409 e. The average Bonchev–Trinajstić information content (AvgIpc) is 2.16. The number of amides is 2. The van der Waals surface area contributed by atoms with E-state index in [-0.39, 0.29) is 25.3 Å². The molecule has 0 aromatic heterocycles. The Kier molecular flexibility index (Phi) is 4.31. The molecule has 110 valence electrons. The lowest BCUT2D eigenvalue weighted by atomic mass is 10.0. The number of alkyl halides is 6. The first-order valence-electron chi connectivity index (χ1n) is 5.22. The first-order valence-corrected chi connectivity index (χ1v) is 5.22. The van der Waals surface area contributed by atoms with Crippen LogP contribution in [0.15, 0.2) is 0 Å². The number of halogens is 6. The summed E-state index contributed by atoms with van der Waals surface area (Å²) in [6.45, 7) is -0.187. The van der Waals surface area contributed by atoms with Crippen molar-refractivity contribution in [1.29, 1.82) is 0 Å². The summed E-state index contributed by atoms with van der Waals surface area (Å²) in [7, 11) is 0. The molecule has 1 rings (SSSR count). The Hall–Kier alpha value is -1.48. The van der Waals surface area contributed by atoms with Crippen molar-refractivity contribution in [3.8, 4) is 0 Å². The quantitative estimate of drug-likeness (QED) is 0.749. The highest BCUT2D eigenvalue weighted by Crippen LogP contribution is 2.39. The minimum atomic E-state index is -5.71. The zero-order valence-corrected chi connectivity index (χ0v) is 9.36. The molecule has 0 aliphatic carbocycles. The van der Waals surface area contributed by atoms with E-state index in [1.54, 1.807) is 5.32 Å². The zero-order valence-electron chi connectivity index (χ0n) is 9.36. The van der Waals surface area contributed by atoms with Crippen LogP contribution in [0.1, 0.15) is 12.8 Å². The Morgan fingerprint density at radius 2 is 1.74 bits per heavy atom. The van der Waals surface area contributed by atoms with E-state index in [0.29, 0.717) is 0 Å². The van der Waals surface area contributed by atoms with Crippen molar-refractivity contribution in [2.24, 2.45) is 5.92 Å². The average molecular weight is 292 g/mol. The fourth-order valence-corrected chi connectivity index (χ4v) is 1.62. The van der Waals surface area contributed by atoms with Gasteiger partial charge in [0.2, 0.25) is 17.7 Å². The molecule has 0 radical (unpaired) electrons. The Morgan fingerprint density at radius 1 is 1.21 bits per heavy atom. The number of nitrogens with one attached hydrogen (secondary N) is 2. The van der Waals surface area contributed by atoms with Crippen LogP contribution < -0.4 is 10.6 Å². The maximum atomic E-state index is 12.2. The molecule has 1 aliphatic rings. The molecule has 0 saturated carbocycles. The molecule has 1 heterocycles. The number of carbonyl (C=O) groups is 2. The monoisotopic (exact) mass is 292 g/mol. The molecule has 1 atom stereocenters. The zero-order chi connectivity index (χ0) is 14.8. The van der Waals surface area contributed by atoms with E-state index in [2.05, 4.69) is 5.32 Å². The van der Waals surface area contributed by atoms with Gasteiger partial charge in [-0.3, -0.25) is 9.59 Å². The van der Waals surface area contributed by atoms with Crippen LogP contribution in [0.3, 0.4) is 0 Å². The van der Waals surface area contributed by atoms with Gasteiger partial charge in [-0.05, 0) is 6.42 Å². The number of carbonyl (C=O) groups excluding carboxylic acids is 2. The minimum absolute atomic E-state index is 0.00000756. The predicted octanol–water partition coefficient (Wildman–Crippen LogP) is 1.12. The van der Waals surface area contributed by atoms with Crippen molar-refractivity contribution >= 4 is 11.8 Å². The van der Waals surface area contributed by atoms with Crippen LogP contribution in [0.25, 0.3) is 0 Å². The van der Waals surface area contributed by atoms with Gasteiger partial charge in [0.15, 0.2) is 0 Å². The first kappa shape index (κ1) is 15.6. The van der Waals surface area contributed by atoms with Crippen molar-refractivity contribution in [1.82, 2.24) is 10.6 Å². The van der Waals surface area contributed by atoms with Crippen LogP contribution in [-0.2, 0) is 9.59 Å². The van der Waals surface area contributed by atoms with Gasteiger partial charge in [-0.2, -0.15) is 26.3 Å². The molecule has 1 saturated heterocycles. The van der Waals surface area contributed by atoms with Gasteiger partial charge in [0.1, 0.15) is 0 Å². The lowest BCUT2D eigenvalue weighted by molar-refractivity contribution is -0.274. The molecular formula is C9H10F6N2O2. The van der Waals surface area contributed by atoms with Crippen LogP contribution in [0.5, 0.6) is 0 Å². The lowest BCUT2D eigenvalue weighted by Gasteiger charge is -2.27. The topological polar surface area (TPSA) is 58.2 Å². The van der Waals surface area contributed by atoms with Gasteiger partial charge in [-0.1, -0.05) is 0 Å². The third-order valence-corrected chi connectivity index (χ3v) is 2.53. The molecule has 1 aliphatic heterocycles. The smallest absolute Gasteiger partial charge is 0.354 e. The van der Waals surface area contributed by atoms with Crippen LogP contribution in [-0.4, -0.2) is 36.8 Å². The summed E-state index contributed by atoms with van der Waals surface area (Å²) in [5, 5.41) is 3.90. The van der Waals surface area contributed by atoms with E-state index in [4.69, 9.17) is 0 Å². The molecule has 19 heavy (non-hydrogen) atoms. The molecule has 0 aromatic rings. The molecule has 2 N–H and O–H groups in total. The van der Waals surface area contributed by atoms with Crippen molar-refractivity contribution in [2.45, 2.75) is 31.2 Å². The standard InChI is InChI=1S/C9H10F6N2O2/c10-8(11,12)6(9(13,14)15)7(19)17-4-1-2-5(18)16-3-4/h4,6H,1-3H2,(H,16,18)(H,17,19). The van der Waals surface area contributed by atoms with Crippen LogP contribution in [0.2, 0.25) is 0 Å². The van der Waals surface area contributed by atoms with Gasteiger partial charge in [-0.25, -0.2) is 0 Å². The fraction of sp³-hybridized carbons (Fsp3) is 0.778.